The molecule has 0 aliphatic heterocycles. The van der Waals surface area contributed by atoms with Gasteiger partial charge in [0.25, 0.3) is 0 Å². The van der Waals surface area contributed by atoms with Gasteiger partial charge >= 0.3 is 0 Å². The van der Waals surface area contributed by atoms with Crippen LogP contribution in [0.25, 0.3) is 0 Å². The highest BCUT2D eigenvalue weighted by molar-refractivity contribution is 7.98. The van der Waals surface area contributed by atoms with Gasteiger partial charge in [-0.1, -0.05) is 35.9 Å². The molecule has 0 saturated carbocycles. The molecule has 20 heavy (non-hydrogen) atoms. The van der Waals surface area contributed by atoms with Crippen molar-refractivity contribution in [2.75, 3.05) is 6.26 Å². The van der Waals surface area contributed by atoms with E-state index < -0.39 is 0 Å². The SMILES string of the molecule is CSc1ccc(CNC(C)c2ccc(C)cc2C)cc1. The summed E-state index contributed by atoms with van der Waals surface area (Å²) in [5, 5.41) is 3.61. The average molecular weight is 285 g/mol. The van der Waals surface area contributed by atoms with E-state index in [0.29, 0.717) is 6.04 Å². The van der Waals surface area contributed by atoms with Crippen molar-refractivity contribution in [3.05, 3.63) is 64.7 Å². The first-order valence-electron chi connectivity index (χ1n) is 7.03. The van der Waals surface area contributed by atoms with Gasteiger partial charge in [0.15, 0.2) is 0 Å². The molecular weight excluding hydrogens is 262 g/mol. The third-order valence-electron chi connectivity index (χ3n) is 3.66. The molecule has 106 valence electrons. The number of aryl methyl sites for hydroxylation is 2. The Kier molecular flexibility index (Phi) is 5.27. The highest BCUT2D eigenvalue weighted by Gasteiger charge is 2.07. The van der Waals surface area contributed by atoms with Crippen molar-refractivity contribution in [1.29, 1.82) is 0 Å². The molecule has 1 atom stereocenters. The Morgan fingerprint density at radius 3 is 2.35 bits per heavy atom. The lowest BCUT2D eigenvalue weighted by Gasteiger charge is -2.17. The molecule has 2 heteroatoms. The molecule has 0 aromatic heterocycles. The van der Waals surface area contributed by atoms with E-state index >= 15 is 0 Å². The molecular formula is C18H23NS. The average Bonchev–Trinajstić information content (AvgIpc) is 2.45. The molecule has 2 aromatic carbocycles. The summed E-state index contributed by atoms with van der Waals surface area (Å²) >= 11 is 1.78. The van der Waals surface area contributed by atoms with Crippen molar-refractivity contribution in [3.63, 3.8) is 0 Å². The van der Waals surface area contributed by atoms with Gasteiger partial charge in [-0.2, -0.15) is 0 Å². The molecule has 1 N–H and O–H groups in total. The number of hydrogen-bond acceptors (Lipinski definition) is 2. The van der Waals surface area contributed by atoms with Crippen LogP contribution >= 0.6 is 11.8 Å². The van der Waals surface area contributed by atoms with Crippen LogP contribution in [0.5, 0.6) is 0 Å². The van der Waals surface area contributed by atoms with Crippen LogP contribution in [0.15, 0.2) is 47.4 Å². The fourth-order valence-corrected chi connectivity index (χ4v) is 2.84. The Balaban J connectivity index is 1.98. The van der Waals surface area contributed by atoms with Crippen LogP contribution < -0.4 is 5.32 Å². The Hall–Kier alpha value is -1.25. The molecule has 2 aromatic rings. The molecule has 2 rings (SSSR count). The summed E-state index contributed by atoms with van der Waals surface area (Å²) in [6.07, 6.45) is 2.11. The lowest BCUT2D eigenvalue weighted by atomic mass is 10.00. The van der Waals surface area contributed by atoms with Gasteiger partial charge in [0.1, 0.15) is 0 Å². The van der Waals surface area contributed by atoms with Crippen LogP contribution in [-0.2, 0) is 6.54 Å². The molecule has 1 unspecified atom stereocenters. The first kappa shape index (κ1) is 15.1. The fraction of sp³-hybridized carbons (Fsp3) is 0.333. The third-order valence-corrected chi connectivity index (χ3v) is 4.41. The summed E-state index contributed by atoms with van der Waals surface area (Å²) in [7, 11) is 0. The van der Waals surface area contributed by atoms with E-state index in [-0.39, 0.29) is 0 Å². The molecule has 0 radical (unpaired) electrons. The lowest BCUT2D eigenvalue weighted by Crippen LogP contribution is -2.18. The maximum Gasteiger partial charge on any atom is 0.0297 e. The van der Waals surface area contributed by atoms with Crippen LogP contribution in [0.2, 0.25) is 0 Å². The molecule has 0 aliphatic rings. The molecule has 0 saturated heterocycles. The Morgan fingerprint density at radius 2 is 1.75 bits per heavy atom. The molecule has 1 nitrogen and oxygen atoms in total. The van der Waals surface area contributed by atoms with E-state index in [1.54, 1.807) is 11.8 Å². The van der Waals surface area contributed by atoms with Gasteiger partial charge in [-0.05, 0) is 55.9 Å². The van der Waals surface area contributed by atoms with E-state index in [4.69, 9.17) is 0 Å². The van der Waals surface area contributed by atoms with Crippen molar-refractivity contribution in [2.45, 2.75) is 38.3 Å². The normalized spacial score (nSPS) is 12.4. The van der Waals surface area contributed by atoms with Crippen molar-refractivity contribution < 1.29 is 0 Å². The molecule has 0 spiro atoms. The smallest absolute Gasteiger partial charge is 0.0297 e. The zero-order valence-electron chi connectivity index (χ0n) is 12.7. The maximum absolute atomic E-state index is 3.61. The van der Waals surface area contributed by atoms with Crippen molar-refractivity contribution in [2.24, 2.45) is 0 Å². The van der Waals surface area contributed by atoms with E-state index in [1.807, 2.05) is 0 Å². The minimum absolute atomic E-state index is 0.371. The second kappa shape index (κ2) is 6.96. The van der Waals surface area contributed by atoms with E-state index in [1.165, 1.54) is 27.1 Å². The van der Waals surface area contributed by atoms with E-state index in [9.17, 15) is 0 Å². The van der Waals surface area contributed by atoms with Gasteiger partial charge in [-0.25, -0.2) is 0 Å². The predicted octanol–water partition coefficient (Wildman–Crippen LogP) is 4.88. The van der Waals surface area contributed by atoms with E-state index in [2.05, 4.69) is 74.8 Å². The second-order valence-electron chi connectivity index (χ2n) is 5.31. The van der Waals surface area contributed by atoms with Crippen LogP contribution in [0.3, 0.4) is 0 Å². The number of hydrogen-bond donors (Lipinski definition) is 1. The van der Waals surface area contributed by atoms with Gasteiger partial charge in [-0.3, -0.25) is 0 Å². The van der Waals surface area contributed by atoms with Crippen LogP contribution in [0.4, 0.5) is 0 Å². The predicted molar refractivity (Wildman–Crippen MR) is 89.4 cm³/mol. The topological polar surface area (TPSA) is 12.0 Å². The quantitative estimate of drug-likeness (QED) is 0.786. The van der Waals surface area contributed by atoms with Crippen molar-refractivity contribution in [3.8, 4) is 0 Å². The number of rotatable bonds is 5. The fourth-order valence-electron chi connectivity index (χ4n) is 2.44. The highest BCUT2D eigenvalue weighted by Crippen LogP contribution is 2.20. The highest BCUT2D eigenvalue weighted by atomic mass is 32.2. The van der Waals surface area contributed by atoms with Crippen LogP contribution in [0, 0.1) is 13.8 Å². The minimum atomic E-state index is 0.371. The van der Waals surface area contributed by atoms with E-state index in [0.717, 1.165) is 6.54 Å². The summed E-state index contributed by atoms with van der Waals surface area (Å²) in [4.78, 5) is 1.32. The maximum atomic E-state index is 3.61. The monoisotopic (exact) mass is 285 g/mol. The summed E-state index contributed by atoms with van der Waals surface area (Å²) in [6.45, 7) is 7.47. The number of benzene rings is 2. The zero-order valence-corrected chi connectivity index (χ0v) is 13.6. The van der Waals surface area contributed by atoms with Crippen molar-refractivity contribution in [1.82, 2.24) is 5.32 Å². The lowest BCUT2D eigenvalue weighted by molar-refractivity contribution is 0.572. The summed E-state index contributed by atoms with van der Waals surface area (Å²) < 4.78 is 0. The summed E-state index contributed by atoms with van der Waals surface area (Å²) in [6, 6.07) is 15.8. The Morgan fingerprint density at radius 1 is 1.05 bits per heavy atom. The van der Waals surface area contributed by atoms with Gasteiger partial charge in [0, 0.05) is 17.5 Å². The Labute approximate surface area is 126 Å². The summed E-state index contributed by atoms with van der Waals surface area (Å²) in [5.74, 6) is 0. The molecule has 0 heterocycles. The first-order valence-corrected chi connectivity index (χ1v) is 8.26. The molecule has 0 fully saturated rings. The first-order chi connectivity index (χ1) is 9.60. The summed E-state index contributed by atoms with van der Waals surface area (Å²) in [5.41, 5.74) is 5.41. The zero-order chi connectivity index (χ0) is 14.5. The molecule has 0 aliphatic carbocycles. The molecule has 0 bridgehead atoms. The Bertz CT molecular complexity index is 560. The second-order valence-corrected chi connectivity index (χ2v) is 6.19. The standard InChI is InChI=1S/C18H23NS/c1-13-5-10-18(14(2)11-13)15(3)19-12-16-6-8-17(20-4)9-7-16/h5-11,15,19H,12H2,1-4H3. The van der Waals surface area contributed by atoms with Gasteiger partial charge < -0.3 is 5.32 Å². The van der Waals surface area contributed by atoms with Crippen LogP contribution in [-0.4, -0.2) is 6.26 Å². The van der Waals surface area contributed by atoms with Crippen LogP contribution in [0.1, 0.15) is 35.2 Å². The van der Waals surface area contributed by atoms with Gasteiger partial charge in [0.05, 0.1) is 0 Å². The van der Waals surface area contributed by atoms with Crippen molar-refractivity contribution >= 4 is 11.8 Å². The van der Waals surface area contributed by atoms with Gasteiger partial charge in [0.2, 0.25) is 0 Å². The molecule has 0 amide bonds. The minimum Gasteiger partial charge on any atom is -0.306 e. The van der Waals surface area contributed by atoms with Gasteiger partial charge in [-0.15, -0.1) is 11.8 Å². The number of thioether (sulfide) groups is 1. The largest absolute Gasteiger partial charge is 0.306 e. The number of nitrogens with one attached hydrogen (secondary N) is 1. The third kappa shape index (κ3) is 3.87.